The lowest BCUT2D eigenvalue weighted by atomic mass is 10.1. The van der Waals surface area contributed by atoms with Crippen LogP contribution < -0.4 is 4.31 Å². The van der Waals surface area contributed by atoms with Crippen LogP contribution in [0, 0.1) is 0 Å². The van der Waals surface area contributed by atoms with Crippen molar-refractivity contribution in [3.63, 3.8) is 0 Å². The van der Waals surface area contributed by atoms with Gasteiger partial charge in [0, 0.05) is 7.05 Å². The average molecular weight is 435 g/mol. The van der Waals surface area contributed by atoms with Gasteiger partial charge in [-0.1, -0.05) is 36.3 Å². The molecule has 3 aromatic rings. The second-order valence-corrected chi connectivity index (χ2v) is 9.35. The van der Waals surface area contributed by atoms with Crippen LogP contribution in [0.5, 0.6) is 0 Å². The normalized spacial score (nSPS) is 11.4. The van der Waals surface area contributed by atoms with E-state index in [2.05, 4.69) is 10.1 Å². The van der Waals surface area contributed by atoms with E-state index in [0.29, 0.717) is 17.9 Å². The first-order valence-corrected chi connectivity index (χ1v) is 11.7. The summed E-state index contributed by atoms with van der Waals surface area (Å²) in [6.45, 7) is 1.72. The number of hydrogen-bond acceptors (Lipinski definition) is 7. The van der Waals surface area contributed by atoms with Crippen LogP contribution >= 0.6 is 11.3 Å². The summed E-state index contributed by atoms with van der Waals surface area (Å²) in [5.74, 6) is 0.367. The molecule has 0 atom stereocenters. The minimum atomic E-state index is -3.64. The number of anilines is 1. The van der Waals surface area contributed by atoms with E-state index in [4.69, 9.17) is 4.52 Å². The Bertz CT molecular complexity index is 1080. The van der Waals surface area contributed by atoms with E-state index in [0.717, 1.165) is 21.0 Å². The van der Waals surface area contributed by atoms with Crippen LogP contribution in [-0.4, -0.2) is 49.2 Å². The number of aryl methyl sites for hydroxylation is 1. The van der Waals surface area contributed by atoms with E-state index >= 15 is 0 Å². The van der Waals surface area contributed by atoms with Gasteiger partial charge in [0.2, 0.25) is 27.6 Å². The van der Waals surface area contributed by atoms with Crippen molar-refractivity contribution in [1.82, 2.24) is 15.0 Å². The number of hydrogen-bond donors (Lipinski definition) is 0. The minimum Gasteiger partial charge on any atom is -0.337 e. The number of para-hydroxylation sites is 1. The number of thiophene rings is 1. The van der Waals surface area contributed by atoms with Crippen LogP contribution in [0.25, 0.3) is 10.7 Å². The summed E-state index contributed by atoms with van der Waals surface area (Å²) in [5.41, 5.74) is 1.36. The Morgan fingerprint density at radius 1 is 1.21 bits per heavy atom. The maximum Gasteiger partial charge on any atom is 0.246 e. The number of rotatable bonds is 8. The molecule has 2 aromatic heterocycles. The highest BCUT2D eigenvalue weighted by Gasteiger charge is 2.25. The van der Waals surface area contributed by atoms with Crippen molar-refractivity contribution in [2.75, 3.05) is 24.2 Å². The van der Waals surface area contributed by atoms with Crippen molar-refractivity contribution in [3.8, 4) is 10.7 Å². The van der Waals surface area contributed by atoms with Gasteiger partial charge in [-0.15, -0.1) is 11.3 Å². The van der Waals surface area contributed by atoms with E-state index in [-0.39, 0.29) is 24.9 Å². The van der Waals surface area contributed by atoms with Crippen molar-refractivity contribution in [2.24, 2.45) is 0 Å². The minimum absolute atomic E-state index is 0.0875. The van der Waals surface area contributed by atoms with Crippen molar-refractivity contribution in [1.29, 1.82) is 0 Å². The first-order chi connectivity index (χ1) is 13.8. The lowest BCUT2D eigenvalue weighted by molar-refractivity contribution is -0.129. The Hall–Kier alpha value is -2.72. The summed E-state index contributed by atoms with van der Waals surface area (Å²) in [6, 6.07) is 10.9. The highest BCUT2D eigenvalue weighted by Crippen LogP contribution is 2.24. The summed E-state index contributed by atoms with van der Waals surface area (Å²) < 4.78 is 31.1. The van der Waals surface area contributed by atoms with Gasteiger partial charge in [0.15, 0.2) is 0 Å². The van der Waals surface area contributed by atoms with E-state index in [1.54, 1.807) is 19.2 Å². The molecule has 1 amide bonds. The lowest BCUT2D eigenvalue weighted by Gasteiger charge is -2.26. The fourth-order valence-electron chi connectivity index (χ4n) is 2.79. The number of carbonyl (C=O) groups is 1. The molecular formula is C19H22N4O4S2. The molecule has 2 heterocycles. The third kappa shape index (κ3) is 5.01. The fraction of sp³-hybridized carbons (Fsp3) is 0.316. The molecule has 0 aliphatic rings. The zero-order chi connectivity index (χ0) is 21.0. The molecule has 29 heavy (non-hydrogen) atoms. The average Bonchev–Trinajstić information content (AvgIpc) is 3.36. The first kappa shape index (κ1) is 21.0. The summed E-state index contributed by atoms with van der Waals surface area (Å²) in [5, 5.41) is 5.83. The van der Waals surface area contributed by atoms with Gasteiger partial charge in [0.25, 0.3) is 0 Å². The fourth-order valence-corrected chi connectivity index (χ4v) is 4.32. The number of benzene rings is 1. The maximum atomic E-state index is 12.7. The number of sulfonamides is 1. The van der Waals surface area contributed by atoms with Crippen LogP contribution in [0.15, 0.2) is 46.3 Å². The van der Waals surface area contributed by atoms with Gasteiger partial charge in [-0.3, -0.25) is 9.10 Å². The number of nitrogens with zero attached hydrogens (tertiary/aromatic N) is 4. The molecule has 0 saturated carbocycles. The Morgan fingerprint density at radius 2 is 1.97 bits per heavy atom. The zero-order valence-corrected chi connectivity index (χ0v) is 18.0. The van der Waals surface area contributed by atoms with Crippen LogP contribution in [0.4, 0.5) is 5.69 Å². The molecule has 0 fully saturated rings. The molecule has 0 aliphatic heterocycles. The van der Waals surface area contributed by atoms with Crippen LogP contribution in [0.2, 0.25) is 0 Å². The van der Waals surface area contributed by atoms with Crippen LogP contribution in [-0.2, 0) is 27.8 Å². The molecule has 0 bridgehead atoms. The van der Waals surface area contributed by atoms with Gasteiger partial charge in [-0.25, -0.2) is 8.42 Å². The Labute approximate surface area is 173 Å². The first-order valence-electron chi connectivity index (χ1n) is 8.95. The van der Waals surface area contributed by atoms with Gasteiger partial charge in [-0.2, -0.15) is 4.98 Å². The van der Waals surface area contributed by atoms with Crippen molar-refractivity contribution < 1.29 is 17.7 Å². The third-order valence-electron chi connectivity index (χ3n) is 4.33. The quantitative estimate of drug-likeness (QED) is 0.541. The van der Waals surface area contributed by atoms with Gasteiger partial charge >= 0.3 is 0 Å². The molecule has 1 aromatic carbocycles. The molecule has 8 nitrogen and oxygen atoms in total. The Balaban J connectivity index is 1.74. The van der Waals surface area contributed by atoms with Crippen molar-refractivity contribution >= 4 is 33.0 Å². The molecule has 0 radical (unpaired) electrons. The van der Waals surface area contributed by atoms with Crippen LogP contribution in [0.1, 0.15) is 18.4 Å². The van der Waals surface area contributed by atoms with Gasteiger partial charge in [0.1, 0.15) is 6.54 Å². The van der Waals surface area contributed by atoms with Gasteiger partial charge in [0.05, 0.1) is 23.4 Å². The molecule has 10 heteroatoms. The predicted molar refractivity (Wildman–Crippen MR) is 112 cm³/mol. The van der Waals surface area contributed by atoms with E-state index < -0.39 is 10.0 Å². The standard InChI is InChI=1S/C19H22N4O4S2/c1-4-14-8-5-6-9-15(14)23(29(3,25)26)13-18(24)22(2)12-17-20-19(21-27-17)16-10-7-11-28-16/h5-11H,4,12-13H2,1-3H3. The molecular weight excluding hydrogens is 412 g/mol. The summed E-state index contributed by atoms with van der Waals surface area (Å²) in [4.78, 5) is 19.3. The summed E-state index contributed by atoms with van der Waals surface area (Å²) in [6.07, 6.45) is 1.75. The highest BCUT2D eigenvalue weighted by molar-refractivity contribution is 7.92. The van der Waals surface area contributed by atoms with Crippen LogP contribution in [0.3, 0.4) is 0 Å². The molecule has 154 valence electrons. The number of aromatic nitrogens is 2. The third-order valence-corrected chi connectivity index (χ3v) is 6.32. The molecule has 0 unspecified atom stereocenters. The lowest BCUT2D eigenvalue weighted by Crippen LogP contribution is -2.41. The van der Waals surface area contributed by atoms with E-state index in [9.17, 15) is 13.2 Å². The summed E-state index contributed by atoms with van der Waals surface area (Å²) >= 11 is 1.49. The second kappa shape index (κ2) is 8.75. The van der Waals surface area contributed by atoms with Gasteiger partial charge in [-0.05, 0) is 29.5 Å². The number of amides is 1. The largest absolute Gasteiger partial charge is 0.337 e. The summed E-state index contributed by atoms with van der Waals surface area (Å²) in [7, 11) is -2.07. The SMILES string of the molecule is CCc1ccccc1N(CC(=O)N(C)Cc1nc(-c2cccs2)no1)S(C)(=O)=O. The molecule has 0 spiro atoms. The molecule has 0 N–H and O–H groups in total. The van der Waals surface area contributed by atoms with E-state index in [1.807, 2.05) is 36.6 Å². The molecule has 0 aliphatic carbocycles. The smallest absolute Gasteiger partial charge is 0.246 e. The molecule has 3 rings (SSSR count). The second-order valence-electron chi connectivity index (χ2n) is 6.49. The van der Waals surface area contributed by atoms with E-state index in [1.165, 1.54) is 16.2 Å². The predicted octanol–water partition coefficient (Wildman–Crippen LogP) is 2.79. The Morgan fingerprint density at radius 3 is 2.62 bits per heavy atom. The topological polar surface area (TPSA) is 96.6 Å². The maximum absolute atomic E-state index is 12.7. The number of carbonyl (C=O) groups excluding carboxylic acids is 1. The van der Waals surface area contributed by atoms with Crippen molar-refractivity contribution in [2.45, 2.75) is 19.9 Å². The highest BCUT2D eigenvalue weighted by atomic mass is 32.2. The Kier molecular flexibility index (Phi) is 6.33. The monoisotopic (exact) mass is 434 g/mol. The molecule has 0 saturated heterocycles. The van der Waals surface area contributed by atoms with Crippen molar-refractivity contribution in [3.05, 3.63) is 53.2 Å². The zero-order valence-electron chi connectivity index (χ0n) is 16.4. The number of likely N-dealkylation sites (N-methyl/N-ethyl adjacent to an activating group) is 1. The van der Waals surface area contributed by atoms with Gasteiger partial charge < -0.3 is 9.42 Å².